The van der Waals surface area contributed by atoms with Gasteiger partial charge in [0.1, 0.15) is 6.54 Å². The number of carbonyl (C=O) groups is 2. The predicted octanol–water partition coefficient (Wildman–Crippen LogP) is 2.51. The Balaban J connectivity index is 1.76. The van der Waals surface area contributed by atoms with Crippen molar-refractivity contribution in [1.82, 2.24) is 4.90 Å². The lowest BCUT2D eigenvalue weighted by molar-refractivity contribution is -0.132. The van der Waals surface area contributed by atoms with Crippen LogP contribution in [-0.4, -0.2) is 44.0 Å². The highest BCUT2D eigenvalue weighted by Gasteiger charge is 2.25. The highest BCUT2D eigenvalue weighted by molar-refractivity contribution is 5.97. The molecule has 2 aromatic rings. The minimum atomic E-state index is -0.230. The zero-order valence-electron chi connectivity index (χ0n) is 16.8. The maximum Gasteiger partial charge on any atom is 0.242 e. The second-order valence-electron chi connectivity index (χ2n) is 6.81. The van der Waals surface area contributed by atoms with Gasteiger partial charge in [-0.25, -0.2) is 0 Å². The molecule has 0 aliphatic carbocycles. The molecule has 2 amide bonds. The Morgan fingerprint density at radius 3 is 2.28 bits per heavy atom. The van der Waals surface area contributed by atoms with Crippen molar-refractivity contribution in [1.29, 1.82) is 5.26 Å². The van der Waals surface area contributed by atoms with Crippen LogP contribution in [0.5, 0.6) is 11.5 Å². The molecule has 7 heteroatoms. The summed E-state index contributed by atoms with van der Waals surface area (Å²) in [5.41, 5.74) is 3.23. The van der Waals surface area contributed by atoms with Crippen molar-refractivity contribution in [3.8, 4) is 17.6 Å². The van der Waals surface area contributed by atoms with E-state index in [1.54, 1.807) is 43.4 Å². The van der Waals surface area contributed by atoms with E-state index in [4.69, 9.17) is 14.7 Å². The lowest BCUT2D eigenvalue weighted by atomic mass is 9.98. The SMILES string of the molecule is COc1cc2c(cc1OC)CN(C(=O)CN(C(C)=O)c1ccc(C#N)cc1)CC2. The van der Waals surface area contributed by atoms with Gasteiger partial charge in [0.2, 0.25) is 11.8 Å². The standard InChI is InChI=1S/C22H23N3O4/c1-15(26)25(19-6-4-16(12-23)5-7-19)14-22(27)24-9-8-17-10-20(28-2)21(29-3)11-18(17)13-24/h4-7,10-11H,8-9,13-14H2,1-3H3. The van der Waals surface area contributed by atoms with Crippen LogP contribution < -0.4 is 14.4 Å². The van der Waals surface area contributed by atoms with Crippen molar-refractivity contribution in [2.45, 2.75) is 19.9 Å². The van der Waals surface area contributed by atoms with Crippen molar-refractivity contribution in [2.75, 3.05) is 32.2 Å². The Morgan fingerprint density at radius 2 is 1.72 bits per heavy atom. The minimum Gasteiger partial charge on any atom is -0.493 e. The Labute approximate surface area is 170 Å². The quantitative estimate of drug-likeness (QED) is 0.780. The Kier molecular flexibility index (Phi) is 6.03. The molecular formula is C22H23N3O4. The van der Waals surface area contributed by atoms with Gasteiger partial charge in [-0.1, -0.05) is 0 Å². The second kappa shape index (κ2) is 8.65. The highest BCUT2D eigenvalue weighted by Crippen LogP contribution is 2.33. The normalized spacial score (nSPS) is 12.6. The summed E-state index contributed by atoms with van der Waals surface area (Å²) in [6.45, 7) is 2.39. The monoisotopic (exact) mass is 393 g/mol. The smallest absolute Gasteiger partial charge is 0.242 e. The summed E-state index contributed by atoms with van der Waals surface area (Å²) in [6.07, 6.45) is 0.707. The van der Waals surface area contributed by atoms with E-state index in [1.165, 1.54) is 11.8 Å². The predicted molar refractivity (Wildman–Crippen MR) is 108 cm³/mol. The van der Waals surface area contributed by atoms with E-state index in [0.717, 1.165) is 11.1 Å². The van der Waals surface area contributed by atoms with E-state index < -0.39 is 0 Å². The fraction of sp³-hybridized carbons (Fsp3) is 0.318. The fourth-order valence-corrected chi connectivity index (χ4v) is 3.43. The molecule has 7 nitrogen and oxygen atoms in total. The van der Waals surface area contributed by atoms with Gasteiger partial charge in [0.25, 0.3) is 0 Å². The molecule has 150 valence electrons. The van der Waals surface area contributed by atoms with Crippen LogP contribution in [0.15, 0.2) is 36.4 Å². The molecule has 0 spiro atoms. The zero-order chi connectivity index (χ0) is 21.0. The van der Waals surface area contributed by atoms with Crippen LogP contribution in [0.3, 0.4) is 0 Å². The number of hydrogen-bond acceptors (Lipinski definition) is 5. The van der Waals surface area contributed by atoms with E-state index >= 15 is 0 Å². The van der Waals surface area contributed by atoms with Crippen LogP contribution in [0, 0.1) is 11.3 Å². The van der Waals surface area contributed by atoms with Gasteiger partial charge in [-0.3, -0.25) is 9.59 Å². The highest BCUT2D eigenvalue weighted by atomic mass is 16.5. The van der Waals surface area contributed by atoms with Crippen LogP contribution in [0.25, 0.3) is 0 Å². The molecule has 0 radical (unpaired) electrons. The Morgan fingerprint density at radius 1 is 1.10 bits per heavy atom. The molecule has 0 saturated carbocycles. The Hall–Kier alpha value is -3.53. The molecule has 0 bridgehead atoms. The number of ether oxygens (including phenoxy) is 2. The topological polar surface area (TPSA) is 82.9 Å². The van der Waals surface area contributed by atoms with Crippen molar-refractivity contribution in [3.05, 3.63) is 53.1 Å². The number of carbonyl (C=O) groups excluding carboxylic acids is 2. The van der Waals surface area contributed by atoms with Gasteiger partial charge in [-0.05, 0) is 53.9 Å². The van der Waals surface area contributed by atoms with Crippen LogP contribution in [0.1, 0.15) is 23.6 Å². The molecular weight excluding hydrogens is 370 g/mol. The first-order valence-corrected chi connectivity index (χ1v) is 9.26. The molecule has 1 aliphatic rings. The molecule has 2 aromatic carbocycles. The number of nitrogens with zero attached hydrogens (tertiary/aromatic N) is 3. The lowest BCUT2D eigenvalue weighted by Crippen LogP contribution is -2.44. The molecule has 1 heterocycles. The summed E-state index contributed by atoms with van der Waals surface area (Å²) in [7, 11) is 3.18. The van der Waals surface area contributed by atoms with Crippen LogP contribution in [0.2, 0.25) is 0 Å². The first-order chi connectivity index (χ1) is 14.0. The van der Waals surface area contributed by atoms with Crippen molar-refractivity contribution in [3.63, 3.8) is 0 Å². The van der Waals surface area contributed by atoms with Gasteiger partial charge in [0.05, 0.1) is 25.9 Å². The molecule has 0 unspecified atom stereocenters. The second-order valence-corrected chi connectivity index (χ2v) is 6.81. The molecule has 0 atom stereocenters. The molecule has 0 fully saturated rings. The third-order valence-corrected chi connectivity index (χ3v) is 5.05. The molecule has 3 rings (SSSR count). The van der Waals surface area contributed by atoms with Crippen molar-refractivity contribution in [2.24, 2.45) is 0 Å². The summed E-state index contributed by atoms with van der Waals surface area (Å²) in [5.74, 6) is 0.940. The van der Waals surface area contributed by atoms with Crippen LogP contribution >= 0.6 is 0 Å². The number of fused-ring (bicyclic) bond motifs is 1. The van der Waals surface area contributed by atoms with E-state index in [1.807, 2.05) is 18.2 Å². The summed E-state index contributed by atoms with van der Waals surface area (Å²) >= 11 is 0. The lowest BCUT2D eigenvalue weighted by Gasteiger charge is -2.31. The van der Waals surface area contributed by atoms with Gasteiger partial charge >= 0.3 is 0 Å². The van der Waals surface area contributed by atoms with Gasteiger partial charge < -0.3 is 19.3 Å². The number of hydrogen-bond donors (Lipinski definition) is 0. The number of methoxy groups -OCH3 is 2. The molecule has 0 saturated heterocycles. The minimum absolute atomic E-state index is 0.0517. The van der Waals surface area contributed by atoms with Crippen LogP contribution in [-0.2, 0) is 22.6 Å². The van der Waals surface area contributed by atoms with E-state index in [-0.39, 0.29) is 18.4 Å². The average molecular weight is 393 g/mol. The maximum absolute atomic E-state index is 12.9. The van der Waals surface area contributed by atoms with Crippen molar-refractivity contribution < 1.29 is 19.1 Å². The number of anilines is 1. The van der Waals surface area contributed by atoms with Gasteiger partial charge in [0.15, 0.2) is 11.5 Å². The van der Waals surface area contributed by atoms with Gasteiger partial charge in [-0.2, -0.15) is 5.26 Å². The third-order valence-electron chi connectivity index (χ3n) is 5.05. The molecule has 0 N–H and O–H groups in total. The first-order valence-electron chi connectivity index (χ1n) is 9.26. The molecule has 0 aromatic heterocycles. The van der Waals surface area contributed by atoms with Gasteiger partial charge in [0, 0.05) is 25.7 Å². The van der Waals surface area contributed by atoms with E-state index in [0.29, 0.717) is 42.3 Å². The van der Waals surface area contributed by atoms with Crippen molar-refractivity contribution >= 4 is 17.5 Å². The number of rotatable bonds is 5. The summed E-state index contributed by atoms with van der Waals surface area (Å²) in [4.78, 5) is 28.2. The number of benzene rings is 2. The fourth-order valence-electron chi connectivity index (χ4n) is 3.43. The van der Waals surface area contributed by atoms with Crippen LogP contribution in [0.4, 0.5) is 5.69 Å². The van der Waals surface area contributed by atoms with Gasteiger partial charge in [-0.15, -0.1) is 0 Å². The first kappa shape index (κ1) is 20.2. The number of nitriles is 1. The largest absolute Gasteiger partial charge is 0.493 e. The number of amides is 2. The molecule has 1 aliphatic heterocycles. The summed E-state index contributed by atoms with van der Waals surface area (Å²) < 4.78 is 10.7. The summed E-state index contributed by atoms with van der Waals surface area (Å²) in [6, 6.07) is 12.5. The third kappa shape index (κ3) is 4.32. The maximum atomic E-state index is 12.9. The summed E-state index contributed by atoms with van der Waals surface area (Å²) in [5, 5.41) is 8.93. The van der Waals surface area contributed by atoms with E-state index in [2.05, 4.69) is 0 Å². The molecule has 29 heavy (non-hydrogen) atoms. The average Bonchev–Trinajstić information content (AvgIpc) is 2.75. The zero-order valence-corrected chi connectivity index (χ0v) is 16.8. The van der Waals surface area contributed by atoms with E-state index in [9.17, 15) is 9.59 Å². The Bertz CT molecular complexity index is 963.